The summed E-state index contributed by atoms with van der Waals surface area (Å²) in [5.74, 6) is 0.00314. The number of halogens is 2. The van der Waals surface area contributed by atoms with Gasteiger partial charge >= 0.3 is 0 Å². The Morgan fingerprint density at radius 3 is 2.60 bits per heavy atom. The Kier molecular flexibility index (Phi) is 5.11. The lowest BCUT2D eigenvalue weighted by molar-refractivity contribution is -0.121. The molecule has 0 spiro atoms. The number of hydrogen-bond acceptors (Lipinski definition) is 4. The minimum Gasteiger partial charge on any atom is -0.487 e. The molecule has 0 unspecified atom stereocenters. The van der Waals surface area contributed by atoms with E-state index in [9.17, 15) is 9.18 Å². The van der Waals surface area contributed by atoms with Gasteiger partial charge in [-0.3, -0.25) is 15.1 Å². The zero-order chi connectivity index (χ0) is 18.0. The van der Waals surface area contributed by atoms with Crippen molar-refractivity contribution in [3.05, 3.63) is 69.3 Å². The monoisotopic (exact) mass is 376 g/mol. The molecule has 7 heteroatoms. The number of carbonyl (C=O) groups is 1. The third-order valence-electron chi connectivity index (χ3n) is 3.59. The van der Waals surface area contributed by atoms with Crippen molar-refractivity contribution in [3.63, 3.8) is 0 Å². The number of rotatable bonds is 4. The zero-order valence-electron chi connectivity index (χ0n) is 13.3. The van der Waals surface area contributed by atoms with E-state index in [0.29, 0.717) is 15.7 Å². The predicted octanol–water partition coefficient (Wildman–Crippen LogP) is 4.54. The molecule has 25 heavy (non-hydrogen) atoms. The molecule has 1 fully saturated rings. The predicted molar refractivity (Wildman–Crippen MR) is 98.2 cm³/mol. The van der Waals surface area contributed by atoms with Crippen LogP contribution in [0.1, 0.15) is 11.1 Å². The molecule has 0 bridgehead atoms. The van der Waals surface area contributed by atoms with Crippen molar-refractivity contribution < 1.29 is 13.9 Å². The number of amidine groups is 1. The summed E-state index contributed by atoms with van der Waals surface area (Å²) in [5, 5.41) is 8.27. The summed E-state index contributed by atoms with van der Waals surface area (Å²) in [6, 6.07) is 11.3. The molecule has 3 rings (SSSR count). The number of ether oxygens (including phenoxy) is 1. The number of nitrogens with zero attached hydrogens (tertiary/aromatic N) is 1. The summed E-state index contributed by atoms with van der Waals surface area (Å²) < 4.78 is 18.5. The second-order valence-electron chi connectivity index (χ2n) is 5.38. The first kappa shape index (κ1) is 17.5. The number of carbonyl (C=O) groups excluding carboxylic acids is 1. The lowest BCUT2D eigenvalue weighted by Gasteiger charge is -2.09. The molecule has 1 amide bonds. The third kappa shape index (κ3) is 4.03. The molecule has 0 atom stereocenters. The fraction of sp³-hybridized carbons (Fsp3) is 0.111. The zero-order valence-corrected chi connectivity index (χ0v) is 14.8. The van der Waals surface area contributed by atoms with Gasteiger partial charge in [-0.2, -0.15) is 0 Å². The fourth-order valence-corrected chi connectivity index (χ4v) is 3.27. The Balaban J connectivity index is 1.72. The van der Waals surface area contributed by atoms with E-state index in [1.165, 1.54) is 17.0 Å². The van der Waals surface area contributed by atoms with Crippen molar-refractivity contribution in [3.8, 4) is 5.75 Å². The van der Waals surface area contributed by atoms with Gasteiger partial charge in [-0.25, -0.2) is 4.39 Å². The van der Waals surface area contributed by atoms with Crippen molar-refractivity contribution in [2.45, 2.75) is 6.61 Å². The van der Waals surface area contributed by atoms with E-state index in [1.54, 1.807) is 43.5 Å². The van der Waals surface area contributed by atoms with Crippen molar-refractivity contribution in [2.24, 2.45) is 0 Å². The highest BCUT2D eigenvalue weighted by Gasteiger charge is 2.28. The van der Waals surface area contributed by atoms with Gasteiger partial charge in [0, 0.05) is 7.05 Å². The number of benzene rings is 2. The van der Waals surface area contributed by atoms with Gasteiger partial charge < -0.3 is 4.74 Å². The molecule has 1 aliphatic heterocycles. The molecular formula is C18H14ClFN2O2S. The van der Waals surface area contributed by atoms with E-state index in [4.69, 9.17) is 21.7 Å². The van der Waals surface area contributed by atoms with Crippen LogP contribution in [0.15, 0.2) is 47.4 Å². The summed E-state index contributed by atoms with van der Waals surface area (Å²) in [7, 11) is 1.57. The minimum atomic E-state index is -0.294. The molecule has 1 saturated heterocycles. The smallest absolute Gasteiger partial charge is 0.266 e. The van der Waals surface area contributed by atoms with Crippen LogP contribution in [0.2, 0.25) is 5.02 Å². The van der Waals surface area contributed by atoms with Crippen LogP contribution in [-0.4, -0.2) is 23.0 Å². The first-order chi connectivity index (χ1) is 11.9. The van der Waals surface area contributed by atoms with Gasteiger partial charge in [0.15, 0.2) is 5.17 Å². The van der Waals surface area contributed by atoms with Gasteiger partial charge in [0.1, 0.15) is 18.2 Å². The van der Waals surface area contributed by atoms with Crippen LogP contribution in [0.4, 0.5) is 4.39 Å². The van der Waals surface area contributed by atoms with Crippen molar-refractivity contribution in [1.29, 1.82) is 5.41 Å². The highest BCUT2D eigenvalue weighted by atomic mass is 35.5. The van der Waals surface area contributed by atoms with E-state index in [0.717, 1.165) is 22.9 Å². The van der Waals surface area contributed by atoms with Crippen LogP contribution < -0.4 is 4.74 Å². The quantitative estimate of drug-likeness (QED) is 0.797. The summed E-state index contributed by atoms with van der Waals surface area (Å²) in [6.07, 6.45) is 1.70. The number of hydrogen-bond donors (Lipinski definition) is 1. The topological polar surface area (TPSA) is 53.4 Å². The van der Waals surface area contributed by atoms with Gasteiger partial charge in [0.25, 0.3) is 5.91 Å². The Hall–Kier alpha value is -2.31. The van der Waals surface area contributed by atoms with Crippen LogP contribution in [-0.2, 0) is 11.4 Å². The van der Waals surface area contributed by atoms with E-state index in [1.807, 2.05) is 0 Å². The second-order valence-corrected chi connectivity index (χ2v) is 6.82. The molecule has 2 aromatic rings. The molecule has 0 radical (unpaired) electrons. The molecular weight excluding hydrogens is 363 g/mol. The number of amides is 1. The minimum absolute atomic E-state index is 0.196. The lowest BCUT2D eigenvalue weighted by Crippen LogP contribution is -2.22. The number of likely N-dealkylation sites (N-methyl/N-ethyl adjacent to an activating group) is 1. The molecule has 0 aromatic heterocycles. The van der Waals surface area contributed by atoms with Crippen molar-refractivity contribution in [2.75, 3.05) is 7.05 Å². The summed E-state index contributed by atoms with van der Waals surface area (Å²) in [4.78, 5) is 13.7. The molecule has 0 saturated carbocycles. The molecule has 128 valence electrons. The molecule has 1 heterocycles. The van der Waals surface area contributed by atoms with Gasteiger partial charge in [0.05, 0.1) is 9.93 Å². The van der Waals surface area contributed by atoms with Gasteiger partial charge in [-0.15, -0.1) is 0 Å². The first-order valence-electron chi connectivity index (χ1n) is 7.37. The first-order valence-corrected chi connectivity index (χ1v) is 8.56. The number of nitrogens with one attached hydrogen (secondary N) is 1. The van der Waals surface area contributed by atoms with E-state index < -0.39 is 0 Å². The fourth-order valence-electron chi connectivity index (χ4n) is 2.18. The van der Waals surface area contributed by atoms with E-state index in [-0.39, 0.29) is 23.5 Å². The Bertz CT molecular complexity index is 868. The van der Waals surface area contributed by atoms with Crippen molar-refractivity contribution >= 4 is 40.5 Å². The van der Waals surface area contributed by atoms with E-state index >= 15 is 0 Å². The molecule has 0 aliphatic carbocycles. The Morgan fingerprint density at radius 1 is 1.28 bits per heavy atom. The normalized spacial score (nSPS) is 16.0. The van der Waals surface area contributed by atoms with E-state index in [2.05, 4.69) is 0 Å². The SMILES string of the molecule is CN1C(=N)S/C(=C\c2ccc(OCc3ccc(F)cc3)c(Cl)c2)C1=O. The highest BCUT2D eigenvalue weighted by Crippen LogP contribution is 2.32. The van der Waals surface area contributed by atoms with Gasteiger partial charge in [-0.05, 0) is 53.2 Å². The maximum absolute atomic E-state index is 12.9. The maximum atomic E-state index is 12.9. The van der Waals surface area contributed by atoms with Crippen LogP contribution in [0, 0.1) is 11.2 Å². The number of thioether (sulfide) groups is 1. The third-order valence-corrected chi connectivity index (χ3v) is 4.86. The summed E-state index contributed by atoms with van der Waals surface area (Å²) in [6.45, 7) is 0.275. The Labute approximate surface area is 153 Å². The highest BCUT2D eigenvalue weighted by molar-refractivity contribution is 8.18. The molecule has 2 aromatic carbocycles. The largest absolute Gasteiger partial charge is 0.487 e. The molecule has 1 N–H and O–H groups in total. The second kappa shape index (κ2) is 7.29. The average molecular weight is 377 g/mol. The maximum Gasteiger partial charge on any atom is 0.266 e. The lowest BCUT2D eigenvalue weighted by atomic mass is 10.2. The Morgan fingerprint density at radius 2 is 2.00 bits per heavy atom. The summed E-state index contributed by atoms with van der Waals surface area (Å²) in [5.41, 5.74) is 1.58. The van der Waals surface area contributed by atoms with Crippen LogP contribution in [0.5, 0.6) is 5.75 Å². The van der Waals surface area contributed by atoms with Gasteiger partial charge in [-0.1, -0.05) is 29.8 Å². The molecule has 4 nitrogen and oxygen atoms in total. The average Bonchev–Trinajstić information content (AvgIpc) is 2.83. The summed E-state index contributed by atoms with van der Waals surface area (Å²) >= 11 is 7.35. The van der Waals surface area contributed by atoms with Crippen molar-refractivity contribution in [1.82, 2.24) is 4.90 Å². The standard InChI is InChI=1S/C18H14ClFN2O2S/c1-22-17(23)16(25-18(22)21)9-12-4-7-15(14(19)8-12)24-10-11-2-5-13(20)6-3-11/h2-9,21H,10H2,1H3/b16-9-,21-18?. The van der Waals surface area contributed by atoms with Gasteiger partial charge in [0.2, 0.25) is 0 Å². The molecule has 1 aliphatic rings. The van der Waals surface area contributed by atoms with Crippen LogP contribution >= 0.6 is 23.4 Å². The van der Waals surface area contributed by atoms with Crippen LogP contribution in [0.3, 0.4) is 0 Å². The van der Waals surface area contributed by atoms with Crippen LogP contribution in [0.25, 0.3) is 6.08 Å².